The summed E-state index contributed by atoms with van der Waals surface area (Å²) in [6.07, 6.45) is 7.48. The molecular weight excluding hydrogens is 250 g/mol. The van der Waals surface area contributed by atoms with E-state index in [-0.39, 0.29) is 5.91 Å². The monoisotopic (exact) mass is 281 g/mol. The van der Waals surface area contributed by atoms with Gasteiger partial charge in [0.2, 0.25) is 5.91 Å². The van der Waals surface area contributed by atoms with Crippen molar-refractivity contribution >= 4 is 5.91 Å². The number of nitrogens with zero attached hydrogens (tertiary/aromatic N) is 1. The molecule has 0 aromatic heterocycles. The fourth-order valence-electron chi connectivity index (χ4n) is 4.05. The van der Waals surface area contributed by atoms with E-state index in [2.05, 4.69) is 31.1 Å². The van der Waals surface area contributed by atoms with E-state index >= 15 is 0 Å². The Bertz CT molecular complexity index is 343. The van der Waals surface area contributed by atoms with Crippen LogP contribution in [0.3, 0.4) is 0 Å². The van der Waals surface area contributed by atoms with Crippen molar-refractivity contribution < 1.29 is 4.79 Å². The van der Waals surface area contributed by atoms with Crippen LogP contribution in [0.5, 0.6) is 0 Å². The number of rotatable bonds is 7. The normalized spacial score (nSPS) is 30.2. The molecule has 2 saturated carbocycles. The minimum atomic E-state index is -0.513. The van der Waals surface area contributed by atoms with Gasteiger partial charge in [-0.1, -0.05) is 26.7 Å². The second kappa shape index (κ2) is 6.44. The molecule has 2 fully saturated rings. The highest BCUT2D eigenvalue weighted by Crippen LogP contribution is 2.41. The van der Waals surface area contributed by atoms with E-state index in [0.29, 0.717) is 12.0 Å². The third-order valence-electron chi connectivity index (χ3n) is 5.34. The molecule has 0 saturated heterocycles. The van der Waals surface area contributed by atoms with Gasteiger partial charge >= 0.3 is 0 Å². The van der Waals surface area contributed by atoms with Gasteiger partial charge in [0.1, 0.15) is 5.54 Å². The summed E-state index contributed by atoms with van der Waals surface area (Å²) in [4.78, 5) is 14.5. The Morgan fingerprint density at radius 2 is 1.95 bits per heavy atom. The average Bonchev–Trinajstić information content (AvgIpc) is 3.22. The van der Waals surface area contributed by atoms with E-state index in [1.54, 1.807) is 0 Å². The largest absolute Gasteiger partial charge is 0.368 e. The van der Waals surface area contributed by atoms with Crippen LogP contribution in [0.1, 0.15) is 52.4 Å². The molecule has 3 atom stereocenters. The maximum atomic E-state index is 12.1. The molecule has 0 aliphatic heterocycles. The average molecular weight is 281 g/mol. The van der Waals surface area contributed by atoms with Crippen LogP contribution in [-0.2, 0) is 4.79 Å². The Morgan fingerprint density at radius 1 is 1.30 bits per heavy atom. The van der Waals surface area contributed by atoms with Crippen LogP contribution in [0.25, 0.3) is 0 Å². The zero-order chi connectivity index (χ0) is 14.8. The van der Waals surface area contributed by atoms with Crippen LogP contribution in [0.2, 0.25) is 0 Å². The first-order valence-corrected chi connectivity index (χ1v) is 8.26. The molecule has 0 heterocycles. The standard InChI is InChI=1S/C16H31N3O/c1-4-18-16(15(17)20,13-9-10-13)11-19(3)14-8-6-5-7-12(14)2/h12-14,18H,4-11H2,1-3H3,(H2,17,20). The van der Waals surface area contributed by atoms with Crippen molar-refractivity contribution in [2.45, 2.75) is 64.0 Å². The van der Waals surface area contributed by atoms with Gasteiger partial charge in [-0.05, 0) is 51.1 Å². The van der Waals surface area contributed by atoms with Gasteiger partial charge in [0.15, 0.2) is 0 Å². The molecule has 3 N–H and O–H groups in total. The summed E-state index contributed by atoms with van der Waals surface area (Å²) in [6.45, 7) is 5.96. The van der Waals surface area contributed by atoms with Gasteiger partial charge in [-0.3, -0.25) is 4.79 Å². The zero-order valence-corrected chi connectivity index (χ0v) is 13.3. The Hall–Kier alpha value is -0.610. The zero-order valence-electron chi connectivity index (χ0n) is 13.3. The molecule has 4 heteroatoms. The molecule has 0 radical (unpaired) electrons. The van der Waals surface area contributed by atoms with Crippen molar-refractivity contribution in [3.05, 3.63) is 0 Å². The molecule has 2 aliphatic carbocycles. The van der Waals surface area contributed by atoms with E-state index < -0.39 is 5.54 Å². The molecule has 2 rings (SSSR count). The van der Waals surface area contributed by atoms with Crippen molar-refractivity contribution in [2.75, 3.05) is 20.1 Å². The quantitative estimate of drug-likeness (QED) is 0.747. The highest BCUT2D eigenvalue weighted by atomic mass is 16.1. The summed E-state index contributed by atoms with van der Waals surface area (Å²) in [5.41, 5.74) is 5.27. The van der Waals surface area contributed by atoms with Gasteiger partial charge in [0.05, 0.1) is 0 Å². The first-order valence-electron chi connectivity index (χ1n) is 8.26. The number of nitrogens with two attached hydrogens (primary N) is 1. The first-order chi connectivity index (χ1) is 9.51. The predicted octanol–water partition coefficient (Wildman–Crippen LogP) is 1.74. The predicted molar refractivity (Wildman–Crippen MR) is 82.4 cm³/mol. The van der Waals surface area contributed by atoms with Crippen LogP contribution in [0, 0.1) is 11.8 Å². The van der Waals surface area contributed by atoms with Gasteiger partial charge in [-0.15, -0.1) is 0 Å². The lowest BCUT2D eigenvalue weighted by atomic mass is 9.83. The minimum Gasteiger partial charge on any atom is -0.368 e. The molecular formula is C16H31N3O. The lowest BCUT2D eigenvalue weighted by Gasteiger charge is -2.42. The smallest absolute Gasteiger partial charge is 0.239 e. The lowest BCUT2D eigenvalue weighted by molar-refractivity contribution is -0.126. The molecule has 4 nitrogen and oxygen atoms in total. The molecule has 0 spiro atoms. The number of primary amides is 1. The first kappa shape index (κ1) is 15.8. The molecule has 0 aromatic carbocycles. The van der Waals surface area contributed by atoms with Gasteiger partial charge < -0.3 is 16.0 Å². The third kappa shape index (κ3) is 3.17. The molecule has 0 aromatic rings. The van der Waals surface area contributed by atoms with Crippen LogP contribution in [-0.4, -0.2) is 42.5 Å². The van der Waals surface area contributed by atoms with Crippen molar-refractivity contribution in [1.82, 2.24) is 10.2 Å². The number of carbonyl (C=O) groups is 1. The molecule has 2 aliphatic rings. The number of carbonyl (C=O) groups excluding carboxylic acids is 1. The van der Waals surface area contributed by atoms with Crippen LogP contribution < -0.4 is 11.1 Å². The lowest BCUT2D eigenvalue weighted by Crippen LogP contribution is -2.64. The third-order valence-corrected chi connectivity index (χ3v) is 5.34. The fraction of sp³-hybridized carbons (Fsp3) is 0.938. The van der Waals surface area contributed by atoms with E-state index in [1.165, 1.54) is 25.7 Å². The van der Waals surface area contributed by atoms with Gasteiger partial charge in [0.25, 0.3) is 0 Å². The summed E-state index contributed by atoms with van der Waals surface area (Å²) in [6, 6.07) is 0.597. The molecule has 0 bridgehead atoms. The van der Waals surface area contributed by atoms with E-state index in [0.717, 1.165) is 31.8 Å². The molecule has 3 unspecified atom stereocenters. The summed E-state index contributed by atoms with van der Waals surface area (Å²) < 4.78 is 0. The summed E-state index contributed by atoms with van der Waals surface area (Å²) in [7, 11) is 2.17. The Labute approximate surface area is 123 Å². The number of likely N-dealkylation sites (N-methyl/N-ethyl adjacent to an activating group) is 2. The van der Waals surface area contributed by atoms with Gasteiger partial charge in [-0.2, -0.15) is 0 Å². The van der Waals surface area contributed by atoms with Gasteiger partial charge in [-0.25, -0.2) is 0 Å². The van der Waals surface area contributed by atoms with Crippen LogP contribution in [0.4, 0.5) is 0 Å². The van der Waals surface area contributed by atoms with Crippen molar-refractivity contribution in [2.24, 2.45) is 17.6 Å². The van der Waals surface area contributed by atoms with Crippen molar-refractivity contribution in [1.29, 1.82) is 0 Å². The maximum absolute atomic E-state index is 12.1. The van der Waals surface area contributed by atoms with E-state index in [4.69, 9.17) is 5.73 Å². The molecule has 116 valence electrons. The Balaban J connectivity index is 2.08. The molecule has 20 heavy (non-hydrogen) atoms. The van der Waals surface area contributed by atoms with E-state index in [1.807, 2.05) is 0 Å². The number of amides is 1. The summed E-state index contributed by atoms with van der Waals surface area (Å²) in [5, 5.41) is 3.43. The summed E-state index contributed by atoms with van der Waals surface area (Å²) >= 11 is 0. The summed E-state index contributed by atoms with van der Waals surface area (Å²) in [5.74, 6) is 0.985. The number of nitrogens with one attached hydrogen (secondary N) is 1. The second-order valence-corrected chi connectivity index (χ2v) is 6.88. The highest BCUT2D eigenvalue weighted by molar-refractivity contribution is 5.86. The Morgan fingerprint density at radius 3 is 2.45 bits per heavy atom. The van der Waals surface area contributed by atoms with Crippen molar-refractivity contribution in [3.8, 4) is 0 Å². The fourth-order valence-corrected chi connectivity index (χ4v) is 4.05. The van der Waals surface area contributed by atoms with Gasteiger partial charge in [0, 0.05) is 12.6 Å². The highest BCUT2D eigenvalue weighted by Gasteiger charge is 2.50. The van der Waals surface area contributed by atoms with Crippen LogP contribution >= 0.6 is 0 Å². The number of hydrogen-bond acceptors (Lipinski definition) is 3. The topological polar surface area (TPSA) is 58.4 Å². The second-order valence-electron chi connectivity index (χ2n) is 6.88. The SMILES string of the molecule is CCNC(CN(C)C1CCCCC1C)(C(N)=O)C1CC1. The minimum absolute atomic E-state index is 0.169. The van der Waals surface area contributed by atoms with Crippen molar-refractivity contribution in [3.63, 3.8) is 0 Å². The maximum Gasteiger partial charge on any atom is 0.239 e. The Kier molecular flexibility index (Phi) is 5.08. The van der Waals surface area contributed by atoms with Crippen LogP contribution in [0.15, 0.2) is 0 Å². The van der Waals surface area contributed by atoms with E-state index in [9.17, 15) is 4.79 Å². The number of hydrogen-bond donors (Lipinski definition) is 2. The molecule has 1 amide bonds.